The Balaban J connectivity index is 1.68. The average molecular weight is 1200 g/mol. The summed E-state index contributed by atoms with van der Waals surface area (Å²) >= 11 is 0. The number of amides is 1. The molecule has 85 heavy (non-hydrogen) atoms. The zero-order valence-electron chi connectivity index (χ0n) is 53.8. The van der Waals surface area contributed by atoms with Crippen LogP contribution in [-0.4, -0.2) is 140 Å². The Bertz CT molecular complexity index is 1660. The molecule has 0 aromatic carbocycles. The molecule has 2 heterocycles. The minimum Gasteiger partial charge on any atom is -0.394 e. The fourth-order valence-corrected chi connectivity index (χ4v) is 11.4. The van der Waals surface area contributed by atoms with E-state index >= 15 is 0 Å². The maximum atomic E-state index is 13.3. The lowest BCUT2D eigenvalue weighted by atomic mass is 9.97. The van der Waals surface area contributed by atoms with Crippen LogP contribution in [0.25, 0.3) is 0 Å². The Morgan fingerprint density at radius 2 is 0.812 bits per heavy atom. The van der Waals surface area contributed by atoms with Crippen molar-refractivity contribution in [2.75, 3.05) is 19.8 Å². The molecule has 12 unspecified atom stereocenters. The Morgan fingerprint density at radius 3 is 1.25 bits per heavy atom. The Labute approximate surface area is 517 Å². The summed E-state index contributed by atoms with van der Waals surface area (Å²) in [5, 5.41) is 87.4. The maximum absolute atomic E-state index is 13.3. The van der Waals surface area contributed by atoms with Crippen molar-refractivity contribution in [3.8, 4) is 0 Å². The third-order valence-electron chi connectivity index (χ3n) is 17.0. The van der Waals surface area contributed by atoms with Gasteiger partial charge in [-0.3, -0.25) is 4.79 Å². The van der Waals surface area contributed by atoms with Gasteiger partial charge in [0, 0.05) is 6.42 Å². The van der Waals surface area contributed by atoms with Gasteiger partial charge in [0.05, 0.1) is 32.0 Å². The number of carbonyl (C=O) groups is 1. The highest BCUT2D eigenvalue weighted by Gasteiger charge is 2.51. The van der Waals surface area contributed by atoms with Crippen LogP contribution < -0.4 is 5.32 Å². The van der Waals surface area contributed by atoms with Crippen LogP contribution in [0.2, 0.25) is 0 Å². The van der Waals surface area contributed by atoms with Crippen molar-refractivity contribution >= 4 is 5.91 Å². The lowest BCUT2D eigenvalue weighted by molar-refractivity contribution is -0.359. The highest BCUT2D eigenvalue weighted by Crippen LogP contribution is 2.30. The highest BCUT2D eigenvalue weighted by atomic mass is 16.7. The van der Waals surface area contributed by atoms with Gasteiger partial charge in [0.1, 0.15) is 48.8 Å². The van der Waals surface area contributed by atoms with Crippen LogP contribution in [0.1, 0.15) is 290 Å². The van der Waals surface area contributed by atoms with E-state index in [0.717, 1.165) is 70.6 Å². The zero-order chi connectivity index (χ0) is 61.6. The van der Waals surface area contributed by atoms with Crippen molar-refractivity contribution in [2.24, 2.45) is 0 Å². The van der Waals surface area contributed by atoms with Crippen molar-refractivity contribution in [1.82, 2.24) is 5.32 Å². The van der Waals surface area contributed by atoms with Crippen molar-refractivity contribution in [3.05, 3.63) is 60.8 Å². The second kappa shape index (κ2) is 55.7. The molecule has 0 spiro atoms. The molecular weight excluding hydrogens is 1070 g/mol. The predicted octanol–water partition coefficient (Wildman–Crippen LogP) is 14.1. The lowest BCUT2D eigenvalue weighted by Crippen LogP contribution is -2.65. The summed E-state index contributed by atoms with van der Waals surface area (Å²) in [7, 11) is 0. The summed E-state index contributed by atoms with van der Waals surface area (Å²) in [6, 6.07) is -0.923. The molecule has 0 aliphatic carbocycles. The second-order valence-corrected chi connectivity index (χ2v) is 24.6. The number of hydrogen-bond donors (Lipinski definition) is 9. The molecule has 9 N–H and O–H groups in total. The third kappa shape index (κ3) is 40.1. The minimum absolute atomic E-state index is 0.246. The predicted molar refractivity (Wildman–Crippen MR) is 346 cm³/mol. The molecule has 14 heteroatoms. The Kier molecular flexibility index (Phi) is 51.7. The molecule has 2 aliphatic heterocycles. The van der Waals surface area contributed by atoms with Crippen LogP contribution in [-0.2, 0) is 23.7 Å². The molecule has 0 bridgehead atoms. The molecule has 496 valence electrons. The molecule has 2 aliphatic rings. The summed E-state index contributed by atoms with van der Waals surface area (Å²) in [5.74, 6) is -0.246. The van der Waals surface area contributed by atoms with Gasteiger partial charge in [-0.05, 0) is 57.8 Å². The highest BCUT2D eigenvalue weighted by molar-refractivity contribution is 5.76. The van der Waals surface area contributed by atoms with E-state index in [9.17, 15) is 45.6 Å². The van der Waals surface area contributed by atoms with Gasteiger partial charge in [0.25, 0.3) is 0 Å². The van der Waals surface area contributed by atoms with E-state index in [4.69, 9.17) is 18.9 Å². The average Bonchev–Trinajstić information content (AvgIpc) is 3.69. The van der Waals surface area contributed by atoms with Gasteiger partial charge in [0.2, 0.25) is 5.91 Å². The van der Waals surface area contributed by atoms with Crippen molar-refractivity contribution < 1.29 is 64.6 Å². The molecule has 1 amide bonds. The van der Waals surface area contributed by atoms with Crippen molar-refractivity contribution in [2.45, 2.75) is 364 Å². The van der Waals surface area contributed by atoms with Crippen LogP contribution in [0.3, 0.4) is 0 Å². The smallest absolute Gasteiger partial charge is 0.220 e. The quantitative estimate of drug-likeness (QED) is 0.0204. The minimum atomic E-state index is -1.79. The summed E-state index contributed by atoms with van der Waals surface area (Å²) in [6.07, 6.45) is 57.0. The van der Waals surface area contributed by atoms with Gasteiger partial charge >= 0.3 is 0 Å². The van der Waals surface area contributed by atoms with Crippen LogP contribution in [0.4, 0.5) is 0 Å². The topological polar surface area (TPSA) is 228 Å². The maximum Gasteiger partial charge on any atom is 0.220 e. The van der Waals surface area contributed by atoms with E-state index in [1.165, 1.54) is 193 Å². The molecule has 0 radical (unpaired) electrons. The van der Waals surface area contributed by atoms with E-state index in [-0.39, 0.29) is 18.9 Å². The van der Waals surface area contributed by atoms with Crippen molar-refractivity contribution in [1.29, 1.82) is 0 Å². The molecule has 0 aromatic heterocycles. The fraction of sp³-hybridized carbons (Fsp3) is 0.845. The van der Waals surface area contributed by atoms with E-state index in [0.29, 0.717) is 6.42 Å². The number of hydrogen-bond acceptors (Lipinski definition) is 13. The standard InChI is InChI=1S/C71H129NO13/c1-3-5-7-9-11-13-15-17-19-21-23-25-26-27-28-29-30-31-32-33-35-36-38-40-42-44-46-48-50-52-54-60(75)59(58-82-70-68(81)66(79)69(62(57-74)84-70)85-71-67(80)65(78)64(77)61(56-73)83-71)72-63(76)55-53-51-49-47-45-43-41-39-37-34-24-22-20-18-16-14-12-10-8-6-4-2/h6,8,12,14,18,20,24,34,52,54,59-62,64-71,73-75,77-81H,3-5,7,9-11,13,15-17,19,21-23,25-33,35-51,53,55-58H2,1-2H3,(H,72,76)/b8-6-,14-12-,20-18-,34-24-,54-52+. The summed E-state index contributed by atoms with van der Waals surface area (Å²) < 4.78 is 22.8. The number of aliphatic hydroxyl groups is 8. The first-order valence-corrected chi connectivity index (χ1v) is 35.0. The molecule has 12 atom stereocenters. The summed E-state index contributed by atoms with van der Waals surface area (Å²) in [5.41, 5.74) is 0. The number of allylic oxidation sites excluding steroid dienone is 9. The molecule has 0 saturated carbocycles. The fourth-order valence-electron chi connectivity index (χ4n) is 11.4. The molecule has 2 fully saturated rings. The molecular formula is C71H129NO13. The summed E-state index contributed by atoms with van der Waals surface area (Å²) in [4.78, 5) is 13.3. The van der Waals surface area contributed by atoms with E-state index in [1.54, 1.807) is 6.08 Å². The van der Waals surface area contributed by atoms with Crippen LogP contribution in [0, 0.1) is 0 Å². The largest absolute Gasteiger partial charge is 0.394 e. The third-order valence-corrected chi connectivity index (χ3v) is 17.0. The first-order valence-electron chi connectivity index (χ1n) is 35.0. The van der Waals surface area contributed by atoms with Gasteiger partial charge in [-0.2, -0.15) is 0 Å². The Hall–Kier alpha value is -2.31. The number of carbonyl (C=O) groups excluding carboxylic acids is 1. The SMILES string of the molecule is CC/C=C\C/C=C\C/C=C\C/C=C\CCCCCCCCCCC(=O)NC(COC1OC(CO)C(OC2OC(CO)C(O)C(O)C2O)C(O)C1O)C(O)/C=C/CCCCCCCCCCCCCCCCCCCCCCCCCCCCCC. The van der Waals surface area contributed by atoms with Gasteiger partial charge in [-0.1, -0.05) is 286 Å². The lowest BCUT2D eigenvalue weighted by Gasteiger charge is -2.46. The number of aliphatic hydroxyl groups excluding tert-OH is 8. The Morgan fingerprint density at radius 1 is 0.435 bits per heavy atom. The molecule has 2 saturated heterocycles. The van der Waals surface area contributed by atoms with Gasteiger partial charge < -0.3 is 65.1 Å². The van der Waals surface area contributed by atoms with E-state index in [2.05, 4.69) is 67.8 Å². The first kappa shape index (κ1) is 78.8. The number of ether oxygens (including phenoxy) is 4. The zero-order valence-corrected chi connectivity index (χ0v) is 53.8. The second-order valence-electron chi connectivity index (χ2n) is 24.6. The summed E-state index contributed by atoms with van der Waals surface area (Å²) in [6.45, 7) is 2.71. The molecule has 14 nitrogen and oxygen atoms in total. The van der Waals surface area contributed by atoms with Gasteiger partial charge in [-0.15, -0.1) is 0 Å². The van der Waals surface area contributed by atoms with Crippen LogP contribution in [0.15, 0.2) is 60.8 Å². The van der Waals surface area contributed by atoms with E-state index in [1.807, 2.05) is 6.08 Å². The van der Waals surface area contributed by atoms with E-state index < -0.39 is 86.8 Å². The molecule has 0 aromatic rings. The number of unbranched alkanes of at least 4 members (excludes halogenated alkanes) is 36. The molecule has 2 rings (SSSR count). The van der Waals surface area contributed by atoms with Crippen molar-refractivity contribution in [3.63, 3.8) is 0 Å². The monoisotopic (exact) mass is 1200 g/mol. The normalized spacial score (nSPS) is 23.9. The van der Waals surface area contributed by atoms with Crippen LogP contribution >= 0.6 is 0 Å². The van der Waals surface area contributed by atoms with Gasteiger partial charge in [0.15, 0.2) is 12.6 Å². The first-order chi connectivity index (χ1) is 41.6. The van der Waals surface area contributed by atoms with Crippen LogP contribution in [0.5, 0.6) is 0 Å². The number of nitrogens with one attached hydrogen (secondary N) is 1. The number of rotatable bonds is 57. The van der Waals surface area contributed by atoms with Gasteiger partial charge in [-0.25, -0.2) is 0 Å².